The van der Waals surface area contributed by atoms with Gasteiger partial charge < -0.3 is 14.9 Å². The van der Waals surface area contributed by atoms with Crippen molar-refractivity contribution in [3.05, 3.63) is 30.6 Å². The SMILES string of the molecule is Cn1ccnc1CNc1ncc[nH]1. The maximum atomic E-state index is 4.17. The Balaban J connectivity index is 1.97. The number of nitrogens with zero attached hydrogens (tertiary/aromatic N) is 3. The summed E-state index contributed by atoms with van der Waals surface area (Å²) in [5.41, 5.74) is 0. The van der Waals surface area contributed by atoms with Gasteiger partial charge in [-0.25, -0.2) is 9.97 Å². The van der Waals surface area contributed by atoms with E-state index in [0.29, 0.717) is 6.54 Å². The molecule has 0 amide bonds. The Morgan fingerprint density at radius 3 is 3.00 bits per heavy atom. The fourth-order valence-corrected chi connectivity index (χ4v) is 1.09. The van der Waals surface area contributed by atoms with Gasteiger partial charge in [0.1, 0.15) is 5.82 Å². The molecule has 13 heavy (non-hydrogen) atoms. The molecule has 0 saturated carbocycles. The minimum absolute atomic E-state index is 0.678. The van der Waals surface area contributed by atoms with E-state index in [-0.39, 0.29) is 0 Å². The van der Waals surface area contributed by atoms with E-state index in [1.54, 1.807) is 18.6 Å². The summed E-state index contributed by atoms with van der Waals surface area (Å²) < 4.78 is 1.97. The summed E-state index contributed by atoms with van der Waals surface area (Å²) >= 11 is 0. The van der Waals surface area contributed by atoms with E-state index in [0.717, 1.165) is 11.8 Å². The van der Waals surface area contributed by atoms with Gasteiger partial charge in [-0.1, -0.05) is 0 Å². The number of hydrogen-bond acceptors (Lipinski definition) is 3. The van der Waals surface area contributed by atoms with Crippen LogP contribution in [0.15, 0.2) is 24.8 Å². The number of aromatic nitrogens is 4. The van der Waals surface area contributed by atoms with Crippen LogP contribution in [0, 0.1) is 0 Å². The van der Waals surface area contributed by atoms with E-state index < -0.39 is 0 Å². The van der Waals surface area contributed by atoms with Gasteiger partial charge in [0.05, 0.1) is 6.54 Å². The Kier molecular flexibility index (Phi) is 1.99. The summed E-state index contributed by atoms with van der Waals surface area (Å²) in [6.07, 6.45) is 7.18. The second-order valence-electron chi connectivity index (χ2n) is 2.75. The monoisotopic (exact) mass is 177 g/mol. The van der Waals surface area contributed by atoms with Crippen LogP contribution in [0.2, 0.25) is 0 Å². The lowest BCUT2D eigenvalue weighted by molar-refractivity contribution is 0.809. The van der Waals surface area contributed by atoms with Crippen LogP contribution in [0.4, 0.5) is 5.95 Å². The fraction of sp³-hybridized carbons (Fsp3) is 0.250. The van der Waals surface area contributed by atoms with Crippen LogP contribution in [0.25, 0.3) is 0 Å². The number of anilines is 1. The molecule has 5 nitrogen and oxygen atoms in total. The number of hydrogen-bond donors (Lipinski definition) is 2. The first-order chi connectivity index (χ1) is 6.36. The maximum Gasteiger partial charge on any atom is 0.200 e. The van der Waals surface area contributed by atoms with Crippen LogP contribution in [0.3, 0.4) is 0 Å². The highest BCUT2D eigenvalue weighted by atomic mass is 15.1. The molecule has 2 aromatic heterocycles. The lowest BCUT2D eigenvalue weighted by Crippen LogP contribution is -2.06. The number of imidazole rings is 2. The zero-order valence-electron chi connectivity index (χ0n) is 7.36. The molecule has 2 N–H and O–H groups in total. The Bertz CT molecular complexity index is 362. The molecule has 0 saturated heterocycles. The van der Waals surface area contributed by atoms with Gasteiger partial charge in [-0.2, -0.15) is 0 Å². The highest BCUT2D eigenvalue weighted by molar-refractivity contribution is 5.23. The highest BCUT2D eigenvalue weighted by Gasteiger charge is 1.98. The first-order valence-electron chi connectivity index (χ1n) is 4.06. The summed E-state index contributed by atoms with van der Waals surface area (Å²) in [5, 5.41) is 3.12. The largest absolute Gasteiger partial charge is 0.349 e. The number of H-pyrrole nitrogens is 1. The van der Waals surface area contributed by atoms with Gasteiger partial charge in [-0.05, 0) is 0 Å². The first kappa shape index (κ1) is 7.85. The predicted octanol–water partition coefficient (Wildman–Crippen LogP) is 0.755. The zero-order chi connectivity index (χ0) is 9.10. The molecule has 0 radical (unpaired) electrons. The molecule has 2 aromatic rings. The Morgan fingerprint density at radius 1 is 1.46 bits per heavy atom. The molecule has 0 aliphatic heterocycles. The molecule has 0 spiro atoms. The van der Waals surface area contributed by atoms with Gasteiger partial charge >= 0.3 is 0 Å². The topological polar surface area (TPSA) is 58.5 Å². The quantitative estimate of drug-likeness (QED) is 0.727. The van der Waals surface area contributed by atoms with Crippen molar-refractivity contribution >= 4 is 5.95 Å². The van der Waals surface area contributed by atoms with E-state index in [4.69, 9.17) is 0 Å². The third-order valence-corrected chi connectivity index (χ3v) is 1.83. The number of aryl methyl sites for hydroxylation is 1. The van der Waals surface area contributed by atoms with E-state index in [1.807, 2.05) is 17.8 Å². The second-order valence-corrected chi connectivity index (χ2v) is 2.75. The van der Waals surface area contributed by atoms with E-state index in [2.05, 4.69) is 20.3 Å². The van der Waals surface area contributed by atoms with Crippen molar-refractivity contribution in [2.75, 3.05) is 5.32 Å². The summed E-state index contributed by atoms with van der Waals surface area (Å²) in [6.45, 7) is 0.678. The molecular formula is C8H11N5. The Labute approximate surface area is 75.8 Å². The summed E-state index contributed by atoms with van der Waals surface area (Å²) in [7, 11) is 1.96. The van der Waals surface area contributed by atoms with Crippen LogP contribution in [-0.2, 0) is 13.6 Å². The van der Waals surface area contributed by atoms with Crippen molar-refractivity contribution in [3.63, 3.8) is 0 Å². The van der Waals surface area contributed by atoms with Gasteiger partial charge in [0.25, 0.3) is 0 Å². The van der Waals surface area contributed by atoms with Gasteiger partial charge in [-0.3, -0.25) is 0 Å². The molecule has 68 valence electrons. The molecule has 5 heteroatoms. The number of aromatic amines is 1. The number of nitrogens with one attached hydrogen (secondary N) is 2. The van der Waals surface area contributed by atoms with Gasteiger partial charge in [-0.15, -0.1) is 0 Å². The molecule has 2 rings (SSSR count). The average molecular weight is 177 g/mol. The molecule has 0 aliphatic carbocycles. The lowest BCUT2D eigenvalue weighted by atomic mass is 10.6. The second kappa shape index (κ2) is 3.30. The standard InChI is InChI=1S/C8H11N5/c1-13-5-4-9-7(13)6-12-8-10-2-3-11-8/h2-5H,6H2,1H3,(H2,10,11,12). The summed E-state index contributed by atoms with van der Waals surface area (Å²) in [4.78, 5) is 11.2. The lowest BCUT2D eigenvalue weighted by Gasteiger charge is -2.02. The Hall–Kier alpha value is -1.78. The van der Waals surface area contributed by atoms with Crippen molar-refractivity contribution in [2.45, 2.75) is 6.54 Å². The van der Waals surface area contributed by atoms with E-state index in [9.17, 15) is 0 Å². The average Bonchev–Trinajstić information content (AvgIpc) is 2.72. The maximum absolute atomic E-state index is 4.17. The third-order valence-electron chi connectivity index (χ3n) is 1.83. The predicted molar refractivity (Wildman–Crippen MR) is 49.1 cm³/mol. The van der Waals surface area contributed by atoms with Crippen molar-refractivity contribution in [3.8, 4) is 0 Å². The normalized spacial score (nSPS) is 10.2. The van der Waals surface area contributed by atoms with E-state index in [1.165, 1.54) is 0 Å². The summed E-state index contributed by atoms with van der Waals surface area (Å²) in [5.74, 6) is 1.75. The van der Waals surface area contributed by atoms with Gasteiger partial charge in [0.2, 0.25) is 0 Å². The Morgan fingerprint density at radius 2 is 2.38 bits per heavy atom. The van der Waals surface area contributed by atoms with Crippen molar-refractivity contribution in [1.29, 1.82) is 0 Å². The fourth-order valence-electron chi connectivity index (χ4n) is 1.09. The first-order valence-corrected chi connectivity index (χ1v) is 4.06. The van der Waals surface area contributed by atoms with Crippen molar-refractivity contribution in [2.24, 2.45) is 7.05 Å². The van der Waals surface area contributed by atoms with Crippen LogP contribution in [0.1, 0.15) is 5.82 Å². The van der Waals surface area contributed by atoms with E-state index >= 15 is 0 Å². The van der Waals surface area contributed by atoms with Crippen LogP contribution in [-0.4, -0.2) is 19.5 Å². The molecular weight excluding hydrogens is 166 g/mol. The van der Waals surface area contributed by atoms with Gasteiger partial charge in [0.15, 0.2) is 5.95 Å². The number of rotatable bonds is 3. The van der Waals surface area contributed by atoms with Crippen LogP contribution >= 0.6 is 0 Å². The minimum Gasteiger partial charge on any atom is -0.349 e. The highest BCUT2D eigenvalue weighted by Crippen LogP contribution is 1.99. The molecule has 0 aliphatic rings. The van der Waals surface area contributed by atoms with Gasteiger partial charge in [0, 0.05) is 31.8 Å². The zero-order valence-corrected chi connectivity index (χ0v) is 7.36. The molecule has 0 fully saturated rings. The molecule has 2 heterocycles. The minimum atomic E-state index is 0.678. The van der Waals surface area contributed by atoms with Crippen LogP contribution < -0.4 is 5.32 Å². The molecule has 0 atom stereocenters. The van der Waals surface area contributed by atoms with Crippen LogP contribution in [0.5, 0.6) is 0 Å². The smallest absolute Gasteiger partial charge is 0.200 e. The summed E-state index contributed by atoms with van der Waals surface area (Å²) in [6, 6.07) is 0. The molecule has 0 unspecified atom stereocenters. The third kappa shape index (κ3) is 1.69. The van der Waals surface area contributed by atoms with Crippen molar-refractivity contribution in [1.82, 2.24) is 19.5 Å². The molecule has 0 aromatic carbocycles. The van der Waals surface area contributed by atoms with Crippen molar-refractivity contribution < 1.29 is 0 Å². The molecule has 0 bridgehead atoms.